The fourth-order valence-corrected chi connectivity index (χ4v) is 5.21. The van der Waals surface area contributed by atoms with Gasteiger partial charge in [-0.1, -0.05) is 44.2 Å². The number of nitrogens with two attached hydrogens (primary N) is 1. The number of nitrogen functional groups attached to an aromatic ring is 1. The summed E-state index contributed by atoms with van der Waals surface area (Å²) in [5.41, 5.74) is 10.1. The van der Waals surface area contributed by atoms with Crippen molar-refractivity contribution in [2.75, 3.05) is 18.8 Å². The van der Waals surface area contributed by atoms with Crippen LogP contribution < -0.4 is 5.73 Å². The van der Waals surface area contributed by atoms with Crippen LogP contribution in [0.4, 0.5) is 5.69 Å². The van der Waals surface area contributed by atoms with Gasteiger partial charge in [0, 0.05) is 24.0 Å². The molecule has 4 rings (SSSR count). The van der Waals surface area contributed by atoms with Crippen molar-refractivity contribution in [1.29, 1.82) is 0 Å². The van der Waals surface area contributed by atoms with Crippen molar-refractivity contribution < 1.29 is 4.79 Å². The zero-order valence-corrected chi connectivity index (χ0v) is 16.8. The van der Waals surface area contributed by atoms with Crippen LogP contribution in [0.3, 0.4) is 0 Å². The molecule has 4 nitrogen and oxygen atoms in total. The van der Waals surface area contributed by atoms with E-state index in [1.165, 1.54) is 17.8 Å². The largest absolute Gasteiger partial charge is 0.397 e. The second-order valence-corrected chi connectivity index (χ2v) is 8.87. The maximum Gasteiger partial charge on any atom is 0.266 e. The van der Waals surface area contributed by atoms with Gasteiger partial charge in [0.25, 0.3) is 5.91 Å². The predicted octanol–water partition coefficient (Wildman–Crippen LogP) is 4.97. The van der Waals surface area contributed by atoms with Crippen molar-refractivity contribution in [2.24, 2.45) is 11.8 Å². The number of amides is 1. The molecule has 0 spiro atoms. The van der Waals surface area contributed by atoms with Crippen LogP contribution in [-0.4, -0.2) is 28.9 Å². The van der Waals surface area contributed by atoms with Crippen LogP contribution in [0.15, 0.2) is 36.4 Å². The zero-order chi connectivity index (χ0) is 19.1. The number of aromatic nitrogens is 1. The molecule has 140 valence electrons. The van der Waals surface area contributed by atoms with E-state index in [1.54, 1.807) is 0 Å². The standard InChI is InChI=1S/C22H25N3OS/c1-13-9-14(2)12-25(11-13)22(26)20-18(23)17-10-15(3)19(24-21(17)27-20)16-7-5-4-6-8-16/h4-8,10,13-14H,9,11-12,23H2,1-3H3/t13-,14-/m0/s1. The SMILES string of the molecule is Cc1cc2c(N)c(C(=O)N3C[C@@H](C)C[C@H](C)C3)sc2nc1-c1ccccc1. The lowest BCUT2D eigenvalue weighted by Gasteiger charge is -2.34. The Labute approximate surface area is 164 Å². The van der Waals surface area contributed by atoms with Crippen LogP contribution in [0.2, 0.25) is 0 Å². The number of benzene rings is 1. The molecule has 1 amide bonds. The summed E-state index contributed by atoms with van der Waals surface area (Å²) in [6, 6.07) is 12.2. The van der Waals surface area contributed by atoms with Crippen LogP contribution in [0.5, 0.6) is 0 Å². The fourth-order valence-electron chi connectivity index (χ4n) is 4.16. The Kier molecular flexibility index (Phi) is 4.64. The van der Waals surface area contributed by atoms with Crippen molar-refractivity contribution in [3.63, 3.8) is 0 Å². The molecule has 0 radical (unpaired) electrons. The Morgan fingerprint density at radius 2 is 1.85 bits per heavy atom. The third-order valence-corrected chi connectivity index (χ3v) is 6.41. The number of thiophene rings is 1. The van der Waals surface area contributed by atoms with E-state index in [0.717, 1.165) is 40.1 Å². The lowest BCUT2D eigenvalue weighted by atomic mass is 9.92. The second kappa shape index (κ2) is 6.97. The van der Waals surface area contributed by atoms with E-state index >= 15 is 0 Å². The third-order valence-electron chi connectivity index (χ3n) is 5.31. The minimum atomic E-state index is 0.0489. The molecule has 2 atom stereocenters. The monoisotopic (exact) mass is 379 g/mol. The Hall–Kier alpha value is -2.40. The second-order valence-electron chi connectivity index (χ2n) is 7.87. The average Bonchev–Trinajstić information content (AvgIpc) is 2.96. The van der Waals surface area contributed by atoms with E-state index in [2.05, 4.69) is 32.0 Å². The summed E-state index contributed by atoms with van der Waals surface area (Å²) in [6.45, 7) is 8.07. The number of rotatable bonds is 2. The van der Waals surface area contributed by atoms with Crippen LogP contribution >= 0.6 is 11.3 Å². The molecule has 3 aromatic rings. The summed E-state index contributed by atoms with van der Waals surface area (Å²) in [5.74, 6) is 1.10. The number of nitrogens with zero attached hydrogens (tertiary/aromatic N) is 2. The number of likely N-dealkylation sites (tertiary alicyclic amines) is 1. The number of hydrogen-bond donors (Lipinski definition) is 1. The van der Waals surface area contributed by atoms with Crippen molar-refractivity contribution in [3.05, 3.63) is 46.8 Å². The number of anilines is 1. The van der Waals surface area contributed by atoms with E-state index in [-0.39, 0.29) is 5.91 Å². The summed E-state index contributed by atoms with van der Waals surface area (Å²) in [5, 5.41) is 0.888. The number of carbonyl (C=O) groups excluding carboxylic acids is 1. The summed E-state index contributed by atoms with van der Waals surface area (Å²) < 4.78 is 0. The maximum absolute atomic E-state index is 13.1. The highest BCUT2D eigenvalue weighted by atomic mass is 32.1. The quantitative estimate of drug-likeness (QED) is 0.684. The van der Waals surface area contributed by atoms with Crippen LogP contribution in [-0.2, 0) is 0 Å². The van der Waals surface area contributed by atoms with Crippen molar-refractivity contribution in [1.82, 2.24) is 9.88 Å². The number of pyridine rings is 1. The maximum atomic E-state index is 13.1. The van der Waals surface area contributed by atoms with Gasteiger partial charge in [0.1, 0.15) is 9.71 Å². The molecule has 0 bridgehead atoms. The highest BCUT2D eigenvalue weighted by molar-refractivity contribution is 7.21. The van der Waals surface area contributed by atoms with E-state index in [9.17, 15) is 4.79 Å². The van der Waals surface area contributed by atoms with Crippen LogP contribution in [0.25, 0.3) is 21.5 Å². The van der Waals surface area contributed by atoms with Gasteiger partial charge in [-0.25, -0.2) is 4.98 Å². The lowest BCUT2D eigenvalue weighted by molar-refractivity contribution is 0.0629. The molecule has 27 heavy (non-hydrogen) atoms. The number of hydrogen-bond acceptors (Lipinski definition) is 4. The van der Waals surface area contributed by atoms with E-state index < -0.39 is 0 Å². The van der Waals surface area contributed by atoms with Gasteiger partial charge in [0.05, 0.1) is 11.4 Å². The number of fused-ring (bicyclic) bond motifs is 1. The molecule has 1 aliphatic heterocycles. The van der Waals surface area contributed by atoms with E-state index in [4.69, 9.17) is 10.7 Å². The Balaban J connectivity index is 1.75. The minimum absolute atomic E-state index is 0.0489. The van der Waals surface area contributed by atoms with Crippen LogP contribution in [0.1, 0.15) is 35.5 Å². The number of piperidine rings is 1. The molecule has 2 aromatic heterocycles. The van der Waals surface area contributed by atoms with Gasteiger partial charge in [-0.3, -0.25) is 4.79 Å². The predicted molar refractivity (Wildman–Crippen MR) is 113 cm³/mol. The first kappa shape index (κ1) is 18.0. The number of aryl methyl sites for hydroxylation is 1. The molecule has 0 saturated carbocycles. The minimum Gasteiger partial charge on any atom is -0.397 e. The summed E-state index contributed by atoms with van der Waals surface area (Å²) in [7, 11) is 0. The summed E-state index contributed by atoms with van der Waals surface area (Å²) in [4.78, 5) is 21.4. The first-order valence-electron chi connectivity index (χ1n) is 9.48. The van der Waals surface area contributed by atoms with E-state index in [1.807, 2.05) is 30.0 Å². The van der Waals surface area contributed by atoms with Gasteiger partial charge >= 0.3 is 0 Å². The van der Waals surface area contributed by atoms with Gasteiger partial charge < -0.3 is 10.6 Å². The molecule has 3 heterocycles. The average molecular weight is 380 g/mol. The molecule has 1 saturated heterocycles. The number of carbonyl (C=O) groups is 1. The van der Waals surface area contributed by atoms with Gasteiger partial charge in [0.2, 0.25) is 0 Å². The highest BCUT2D eigenvalue weighted by Crippen LogP contribution is 2.37. The Morgan fingerprint density at radius 3 is 2.52 bits per heavy atom. The first-order chi connectivity index (χ1) is 12.9. The molecular weight excluding hydrogens is 354 g/mol. The molecule has 1 aliphatic rings. The normalized spacial score (nSPS) is 20.2. The molecule has 5 heteroatoms. The topological polar surface area (TPSA) is 59.2 Å². The fraction of sp³-hybridized carbons (Fsp3) is 0.364. The Bertz CT molecular complexity index is 986. The summed E-state index contributed by atoms with van der Waals surface area (Å²) >= 11 is 1.42. The van der Waals surface area contributed by atoms with E-state index in [0.29, 0.717) is 22.4 Å². The zero-order valence-electron chi connectivity index (χ0n) is 16.0. The molecule has 0 unspecified atom stereocenters. The first-order valence-corrected chi connectivity index (χ1v) is 10.3. The van der Waals surface area contributed by atoms with Crippen LogP contribution in [0, 0.1) is 18.8 Å². The smallest absolute Gasteiger partial charge is 0.266 e. The molecule has 1 aromatic carbocycles. The van der Waals surface area contributed by atoms with Crippen molar-refractivity contribution in [2.45, 2.75) is 27.2 Å². The molecule has 2 N–H and O–H groups in total. The highest BCUT2D eigenvalue weighted by Gasteiger charge is 2.29. The lowest BCUT2D eigenvalue weighted by Crippen LogP contribution is -2.42. The third kappa shape index (κ3) is 3.32. The van der Waals surface area contributed by atoms with Gasteiger partial charge in [-0.15, -0.1) is 11.3 Å². The molecule has 1 fully saturated rings. The summed E-state index contributed by atoms with van der Waals surface area (Å²) in [6.07, 6.45) is 1.17. The van der Waals surface area contributed by atoms with Gasteiger partial charge in [0.15, 0.2) is 0 Å². The molecular formula is C22H25N3OS. The molecule has 0 aliphatic carbocycles. The van der Waals surface area contributed by atoms with Crippen molar-refractivity contribution in [3.8, 4) is 11.3 Å². The van der Waals surface area contributed by atoms with Gasteiger partial charge in [-0.05, 0) is 36.8 Å². The van der Waals surface area contributed by atoms with Crippen molar-refractivity contribution >= 4 is 33.1 Å². The Morgan fingerprint density at radius 1 is 1.19 bits per heavy atom. The van der Waals surface area contributed by atoms with Gasteiger partial charge in [-0.2, -0.15) is 0 Å².